The number of thiophene rings is 1. The van der Waals surface area contributed by atoms with Gasteiger partial charge in [-0.3, -0.25) is 0 Å². The Hall–Kier alpha value is -1.76. The highest BCUT2D eigenvalue weighted by Gasteiger charge is 2.13. The van der Waals surface area contributed by atoms with Gasteiger partial charge in [-0.05, 0) is 25.3 Å². The SMILES string of the molecule is CC(F)c1nc(N)nc(NC(C)c2cccs2)n1. The number of aromatic nitrogens is 3. The van der Waals surface area contributed by atoms with Gasteiger partial charge in [0.05, 0.1) is 6.04 Å². The normalized spacial score (nSPS) is 14.2. The van der Waals surface area contributed by atoms with E-state index in [1.165, 1.54) is 6.92 Å². The van der Waals surface area contributed by atoms with Crippen LogP contribution in [0.15, 0.2) is 17.5 Å². The summed E-state index contributed by atoms with van der Waals surface area (Å²) in [4.78, 5) is 12.8. The number of nitrogens with two attached hydrogens (primary N) is 1. The number of nitrogens with one attached hydrogen (secondary N) is 1. The van der Waals surface area contributed by atoms with Gasteiger partial charge in [-0.25, -0.2) is 4.39 Å². The predicted molar refractivity (Wildman–Crippen MR) is 70.1 cm³/mol. The first-order chi connectivity index (χ1) is 8.56. The third-order valence-electron chi connectivity index (χ3n) is 2.34. The fraction of sp³-hybridized carbons (Fsp3) is 0.364. The van der Waals surface area contributed by atoms with Crippen molar-refractivity contribution < 1.29 is 4.39 Å². The predicted octanol–water partition coefficient (Wildman–Crippen LogP) is 2.72. The second-order valence-electron chi connectivity index (χ2n) is 3.87. The first-order valence-electron chi connectivity index (χ1n) is 5.51. The van der Waals surface area contributed by atoms with Crippen molar-refractivity contribution in [2.45, 2.75) is 26.1 Å². The highest BCUT2D eigenvalue weighted by Crippen LogP contribution is 2.22. The molecular weight excluding hydrogens is 253 g/mol. The van der Waals surface area contributed by atoms with Gasteiger partial charge in [-0.1, -0.05) is 6.07 Å². The Labute approximate surface area is 108 Å². The van der Waals surface area contributed by atoms with Gasteiger partial charge in [-0.15, -0.1) is 11.3 Å². The highest BCUT2D eigenvalue weighted by atomic mass is 32.1. The van der Waals surface area contributed by atoms with Crippen molar-refractivity contribution in [2.75, 3.05) is 11.1 Å². The Morgan fingerprint density at radius 3 is 2.72 bits per heavy atom. The van der Waals surface area contributed by atoms with E-state index in [-0.39, 0.29) is 17.8 Å². The zero-order chi connectivity index (χ0) is 13.1. The molecule has 0 saturated carbocycles. The van der Waals surface area contributed by atoms with Gasteiger partial charge < -0.3 is 11.1 Å². The molecule has 0 spiro atoms. The van der Waals surface area contributed by atoms with E-state index in [1.807, 2.05) is 24.4 Å². The molecule has 0 bridgehead atoms. The molecule has 0 aliphatic rings. The maximum Gasteiger partial charge on any atom is 0.228 e. The average molecular weight is 267 g/mol. The number of hydrogen-bond acceptors (Lipinski definition) is 6. The lowest BCUT2D eigenvalue weighted by Crippen LogP contribution is -2.12. The van der Waals surface area contributed by atoms with Crippen LogP contribution >= 0.6 is 11.3 Å². The van der Waals surface area contributed by atoms with E-state index in [9.17, 15) is 4.39 Å². The molecule has 0 saturated heterocycles. The van der Waals surface area contributed by atoms with Crippen molar-refractivity contribution in [3.63, 3.8) is 0 Å². The molecule has 2 aromatic rings. The monoisotopic (exact) mass is 267 g/mol. The van der Waals surface area contributed by atoms with E-state index in [0.29, 0.717) is 5.95 Å². The fourth-order valence-electron chi connectivity index (χ4n) is 1.45. The number of rotatable bonds is 4. The van der Waals surface area contributed by atoms with Crippen LogP contribution in [0.3, 0.4) is 0 Å². The summed E-state index contributed by atoms with van der Waals surface area (Å²) in [5, 5.41) is 5.07. The van der Waals surface area contributed by atoms with Gasteiger partial charge in [-0.2, -0.15) is 15.0 Å². The van der Waals surface area contributed by atoms with Gasteiger partial charge in [0.2, 0.25) is 11.9 Å². The van der Waals surface area contributed by atoms with E-state index >= 15 is 0 Å². The van der Waals surface area contributed by atoms with E-state index in [0.717, 1.165) is 4.88 Å². The second-order valence-corrected chi connectivity index (χ2v) is 4.85. The van der Waals surface area contributed by atoms with Gasteiger partial charge in [0.1, 0.15) is 0 Å². The van der Waals surface area contributed by atoms with E-state index in [4.69, 9.17) is 5.73 Å². The molecule has 7 heteroatoms. The van der Waals surface area contributed by atoms with E-state index in [2.05, 4.69) is 20.3 Å². The topological polar surface area (TPSA) is 76.7 Å². The Morgan fingerprint density at radius 1 is 1.33 bits per heavy atom. The quantitative estimate of drug-likeness (QED) is 0.890. The van der Waals surface area contributed by atoms with Crippen LogP contribution in [0.5, 0.6) is 0 Å². The zero-order valence-corrected chi connectivity index (χ0v) is 10.9. The van der Waals surface area contributed by atoms with Crippen LogP contribution in [0.2, 0.25) is 0 Å². The highest BCUT2D eigenvalue weighted by molar-refractivity contribution is 7.10. The molecule has 3 N–H and O–H groups in total. The maximum absolute atomic E-state index is 13.2. The molecule has 2 aromatic heterocycles. The molecule has 0 fully saturated rings. The van der Waals surface area contributed by atoms with E-state index in [1.54, 1.807) is 11.3 Å². The number of halogens is 1. The summed E-state index contributed by atoms with van der Waals surface area (Å²) in [5.74, 6) is 0.358. The van der Waals surface area contributed by atoms with Crippen molar-refractivity contribution in [1.82, 2.24) is 15.0 Å². The largest absolute Gasteiger partial charge is 0.368 e. The second kappa shape index (κ2) is 5.26. The van der Waals surface area contributed by atoms with Crippen molar-refractivity contribution >= 4 is 23.2 Å². The lowest BCUT2D eigenvalue weighted by Gasteiger charge is -2.13. The summed E-state index contributed by atoms with van der Waals surface area (Å²) in [7, 11) is 0. The van der Waals surface area contributed by atoms with Crippen LogP contribution in [0.4, 0.5) is 16.3 Å². The third kappa shape index (κ3) is 2.92. The number of nitrogen functional groups attached to an aromatic ring is 1. The lowest BCUT2D eigenvalue weighted by atomic mass is 10.3. The van der Waals surface area contributed by atoms with Crippen molar-refractivity contribution in [3.05, 3.63) is 28.2 Å². The first kappa shape index (κ1) is 12.7. The van der Waals surface area contributed by atoms with Gasteiger partial charge in [0.15, 0.2) is 12.0 Å². The van der Waals surface area contributed by atoms with Crippen LogP contribution in [0, 0.1) is 0 Å². The van der Waals surface area contributed by atoms with Crippen LogP contribution in [-0.2, 0) is 0 Å². The lowest BCUT2D eigenvalue weighted by molar-refractivity contribution is 0.356. The number of alkyl halides is 1. The van der Waals surface area contributed by atoms with Crippen LogP contribution < -0.4 is 11.1 Å². The molecule has 18 heavy (non-hydrogen) atoms. The number of nitrogens with zero attached hydrogens (tertiary/aromatic N) is 3. The summed E-state index contributed by atoms with van der Waals surface area (Å²) in [6.45, 7) is 3.34. The standard InChI is InChI=1S/C11H14FN5S/c1-6(12)9-15-10(13)17-11(16-9)14-7(2)8-4-3-5-18-8/h3-7H,1-2H3,(H3,13,14,15,16,17). The smallest absolute Gasteiger partial charge is 0.228 e. The Kier molecular flexibility index (Phi) is 3.71. The Morgan fingerprint density at radius 2 is 2.11 bits per heavy atom. The summed E-state index contributed by atoms with van der Waals surface area (Å²) in [6.07, 6.45) is -1.27. The Balaban J connectivity index is 2.18. The van der Waals surface area contributed by atoms with Crippen LogP contribution in [-0.4, -0.2) is 15.0 Å². The zero-order valence-electron chi connectivity index (χ0n) is 10.1. The summed E-state index contributed by atoms with van der Waals surface area (Å²) < 4.78 is 13.2. The van der Waals surface area contributed by atoms with Gasteiger partial charge >= 0.3 is 0 Å². The minimum absolute atomic E-state index is 0.0189. The molecule has 0 aliphatic carbocycles. The summed E-state index contributed by atoms with van der Waals surface area (Å²) in [5.41, 5.74) is 5.53. The molecule has 0 radical (unpaired) electrons. The molecule has 0 aromatic carbocycles. The van der Waals surface area contributed by atoms with Gasteiger partial charge in [0, 0.05) is 4.88 Å². The molecule has 2 rings (SSSR count). The first-order valence-corrected chi connectivity index (χ1v) is 6.39. The minimum atomic E-state index is -1.27. The minimum Gasteiger partial charge on any atom is -0.368 e. The van der Waals surface area contributed by atoms with Gasteiger partial charge in [0.25, 0.3) is 0 Å². The number of anilines is 2. The fourth-order valence-corrected chi connectivity index (χ4v) is 2.19. The molecule has 5 nitrogen and oxygen atoms in total. The summed E-state index contributed by atoms with van der Waals surface area (Å²) in [6, 6.07) is 4.01. The molecule has 0 amide bonds. The van der Waals surface area contributed by atoms with Crippen LogP contribution in [0.25, 0.3) is 0 Å². The Bertz CT molecular complexity index is 514. The summed E-state index contributed by atoms with van der Waals surface area (Å²) >= 11 is 1.63. The third-order valence-corrected chi connectivity index (χ3v) is 3.40. The maximum atomic E-state index is 13.2. The molecule has 2 heterocycles. The molecule has 96 valence electrons. The van der Waals surface area contributed by atoms with Crippen molar-refractivity contribution in [1.29, 1.82) is 0 Å². The average Bonchev–Trinajstić information content (AvgIpc) is 2.81. The molecular formula is C11H14FN5S. The van der Waals surface area contributed by atoms with Crippen molar-refractivity contribution in [2.24, 2.45) is 0 Å². The number of hydrogen-bond donors (Lipinski definition) is 2. The van der Waals surface area contributed by atoms with Crippen molar-refractivity contribution in [3.8, 4) is 0 Å². The van der Waals surface area contributed by atoms with E-state index < -0.39 is 6.17 Å². The molecule has 2 atom stereocenters. The molecule has 2 unspecified atom stereocenters. The van der Waals surface area contributed by atoms with Crippen LogP contribution in [0.1, 0.15) is 36.8 Å². The molecule has 0 aliphatic heterocycles.